The molecule has 4 rings (SSSR count). The van der Waals surface area contributed by atoms with Gasteiger partial charge in [-0.15, -0.1) is 11.6 Å². The highest BCUT2D eigenvalue weighted by Gasteiger charge is 2.63. The van der Waals surface area contributed by atoms with Gasteiger partial charge in [-0.2, -0.15) is 0 Å². The van der Waals surface area contributed by atoms with E-state index in [9.17, 15) is 4.79 Å². The molecule has 0 N–H and O–H groups in total. The van der Waals surface area contributed by atoms with E-state index in [4.69, 9.17) is 23.2 Å². The summed E-state index contributed by atoms with van der Waals surface area (Å²) < 4.78 is 0. The van der Waals surface area contributed by atoms with Crippen molar-refractivity contribution in [3.05, 3.63) is 64.2 Å². The van der Waals surface area contributed by atoms with Crippen LogP contribution in [0.2, 0.25) is 5.02 Å². The maximum atomic E-state index is 12.3. The van der Waals surface area contributed by atoms with E-state index in [2.05, 4.69) is 25.1 Å². The van der Waals surface area contributed by atoms with Crippen molar-refractivity contribution in [3.8, 4) is 0 Å². The molecule has 2 aliphatic rings. The van der Waals surface area contributed by atoms with Crippen molar-refractivity contribution < 1.29 is 4.79 Å². The summed E-state index contributed by atoms with van der Waals surface area (Å²) in [7, 11) is 0. The SMILES string of the molecule is Cc1ccc2c(c1)CN1C(=O)[C@@H](Cl)[C@]1(c1ccc(Cl)cc1)S2. The number of β-lactam (4-membered cyclic amide) rings is 1. The van der Waals surface area contributed by atoms with E-state index in [1.165, 1.54) is 16.0 Å². The van der Waals surface area contributed by atoms with Gasteiger partial charge in [0, 0.05) is 16.5 Å². The Morgan fingerprint density at radius 1 is 1.23 bits per heavy atom. The van der Waals surface area contributed by atoms with Crippen LogP contribution in [-0.2, 0) is 16.2 Å². The Labute approximate surface area is 143 Å². The van der Waals surface area contributed by atoms with Crippen molar-refractivity contribution in [2.24, 2.45) is 0 Å². The molecule has 2 aliphatic heterocycles. The summed E-state index contributed by atoms with van der Waals surface area (Å²) in [5.74, 6) is -0.00345. The van der Waals surface area contributed by atoms with Gasteiger partial charge in [-0.25, -0.2) is 0 Å². The summed E-state index contributed by atoms with van der Waals surface area (Å²) in [5, 5.41) is 0.133. The molecule has 112 valence electrons. The van der Waals surface area contributed by atoms with Crippen LogP contribution in [0.25, 0.3) is 0 Å². The van der Waals surface area contributed by atoms with E-state index >= 15 is 0 Å². The van der Waals surface area contributed by atoms with Gasteiger partial charge in [0.25, 0.3) is 0 Å². The van der Waals surface area contributed by atoms with Gasteiger partial charge in [-0.3, -0.25) is 4.79 Å². The number of fused-ring (bicyclic) bond motifs is 2. The number of benzene rings is 2. The number of aryl methyl sites for hydroxylation is 1. The minimum absolute atomic E-state index is 0.00345. The van der Waals surface area contributed by atoms with Crippen molar-refractivity contribution >= 4 is 40.9 Å². The van der Waals surface area contributed by atoms with E-state index in [0.717, 1.165) is 5.56 Å². The molecule has 22 heavy (non-hydrogen) atoms. The van der Waals surface area contributed by atoms with E-state index in [1.807, 2.05) is 29.2 Å². The summed E-state index contributed by atoms with van der Waals surface area (Å²) in [4.78, 5) is 14.8. The zero-order valence-corrected chi connectivity index (χ0v) is 14.2. The summed E-state index contributed by atoms with van der Waals surface area (Å²) in [6.07, 6.45) is 0. The molecule has 2 aromatic rings. The molecule has 2 heterocycles. The first kappa shape index (κ1) is 14.4. The molecule has 1 amide bonds. The highest BCUT2D eigenvalue weighted by molar-refractivity contribution is 8.00. The molecule has 5 heteroatoms. The first-order chi connectivity index (χ1) is 10.5. The van der Waals surface area contributed by atoms with Gasteiger partial charge in [0.15, 0.2) is 0 Å². The molecular weight excluding hydrogens is 337 g/mol. The molecule has 2 aromatic carbocycles. The van der Waals surface area contributed by atoms with Crippen LogP contribution in [-0.4, -0.2) is 16.2 Å². The number of alkyl halides is 1. The number of hydrogen-bond acceptors (Lipinski definition) is 2. The fourth-order valence-electron chi connectivity index (χ4n) is 3.16. The van der Waals surface area contributed by atoms with Crippen LogP contribution in [0, 0.1) is 6.92 Å². The fraction of sp³-hybridized carbons (Fsp3) is 0.235. The Hall–Kier alpha value is -1.16. The van der Waals surface area contributed by atoms with Crippen LogP contribution in [0.5, 0.6) is 0 Å². The summed E-state index contributed by atoms with van der Waals surface area (Å²) >= 11 is 14.1. The minimum atomic E-state index is -0.548. The Morgan fingerprint density at radius 2 is 1.95 bits per heavy atom. The number of rotatable bonds is 1. The van der Waals surface area contributed by atoms with Gasteiger partial charge in [0.05, 0.1) is 0 Å². The smallest absolute Gasteiger partial charge is 0.246 e. The van der Waals surface area contributed by atoms with E-state index < -0.39 is 10.2 Å². The van der Waals surface area contributed by atoms with Crippen LogP contribution in [0.4, 0.5) is 0 Å². The zero-order valence-electron chi connectivity index (χ0n) is 11.8. The molecule has 1 saturated heterocycles. The third kappa shape index (κ3) is 1.86. The average molecular weight is 350 g/mol. The normalized spacial score (nSPS) is 26.2. The van der Waals surface area contributed by atoms with Crippen LogP contribution in [0.15, 0.2) is 47.4 Å². The molecule has 2 atom stereocenters. The first-order valence-corrected chi connectivity index (χ1v) is 8.65. The van der Waals surface area contributed by atoms with Gasteiger partial charge >= 0.3 is 0 Å². The number of thioether (sulfide) groups is 1. The van der Waals surface area contributed by atoms with E-state index in [-0.39, 0.29) is 5.91 Å². The second-order valence-electron chi connectivity index (χ2n) is 5.70. The molecular formula is C17H13Cl2NOS. The van der Waals surface area contributed by atoms with Crippen molar-refractivity contribution in [1.82, 2.24) is 4.90 Å². The van der Waals surface area contributed by atoms with Crippen molar-refractivity contribution in [2.75, 3.05) is 0 Å². The molecule has 0 radical (unpaired) electrons. The minimum Gasteiger partial charge on any atom is -0.316 e. The largest absolute Gasteiger partial charge is 0.316 e. The van der Waals surface area contributed by atoms with Crippen molar-refractivity contribution in [2.45, 2.75) is 28.6 Å². The summed E-state index contributed by atoms with van der Waals surface area (Å²) in [5.41, 5.74) is 3.41. The molecule has 1 fully saturated rings. The lowest BCUT2D eigenvalue weighted by Gasteiger charge is -2.57. The van der Waals surface area contributed by atoms with Crippen LogP contribution >= 0.6 is 35.0 Å². The Bertz CT molecular complexity index is 777. The first-order valence-electron chi connectivity index (χ1n) is 7.02. The highest BCUT2D eigenvalue weighted by Crippen LogP contribution is 2.59. The number of halogens is 2. The van der Waals surface area contributed by atoms with Gasteiger partial charge in [0.1, 0.15) is 10.2 Å². The quantitative estimate of drug-likeness (QED) is 0.555. The standard InChI is InChI=1S/C17H13Cl2NOS/c1-10-2-7-14-11(8-10)9-20-16(21)15(19)17(20,22-14)12-3-5-13(18)6-4-12/h2-8,15H,9H2,1H3/t15-,17+/m1/s1. The number of nitrogens with zero attached hydrogens (tertiary/aromatic N) is 1. The highest BCUT2D eigenvalue weighted by atomic mass is 35.5. The monoisotopic (exact) mass is 349 g/mol. The fourth-order valence-corrected chi connectivity index (χ4v) is 5.23. The summed E-state index contributed by atoms with van der Waals surface area (Å²) in [6.45, 7) is 2.67. The van der Waals surface area contributed by atoms with Crippen LogP contribution in [0.1, 0.15) is 16.7 Å². The number of carbonyl (C=O) groups excluding carboxylic acids is 1. The van der Waals surface area contributed by atoms with Crippen molar-refractivity contribution in [1.29, 1.82) is 0 Å². The molecule has 2 nitrogen and oxygen atoms in total. The Kier molecular flexibility index (Phi) is 3.23. The molecule has 0 aromatic heterocycles. The summed E-state index contributed by atoms with van der Waals surface area (Å²) in [6, 6.07) is 14.0. The lowest BCUT2D eigenvalue weighted by atomic mass is 9.90. The van der Waals surface area contributed by atoms with Gasteiger partial charge in [-0.1, -0.05) is 53.2 Å². The van der Waals surface area contributed by atoms with Gasteiger partial charge in [-0.05, 0) is 36.2 Å². The topological polar surface area (TPSA) is 20.3 Å². The van der Waals surface area contributed by atoms with Crippen LogP contribution in [0.3, 0.4) is 0 Å². The van der Waals surface area contributed by atoms with E-state index in [0.29, 0.717) is 11.6 Å². The number of hydrogen-bond donors (Lipinski definition) is 0. The molecule has 0 unspecified atom stereocenters. The molecule has 0 aliphatic carbocycles. The second-order valence-corrected chi connectivity index (χ2v) is 7.84. The lowest BCUT2D eigenvalue weighted by Crippen LogP contribution is -2.68. The molecule has 0 spiro atoms. The van der Waals surface area contributed by atoms with Gasteiger partial charge < -0.3 is 4.90 Å². The maximum Gasteiger partial charge on any atom is 0.246 e. The predicted molar refractivity (Wildman–Crippen MR) is 90.4 cm³/mol. The number of carbonyl (C=O) groups is 1. The Morgan fingerprint density at radius 3 is 2.68 bits per heavy atom. The van der Waals surface area contributed by atoms with Gasteiger partial charge in [0.2, 0.25) is 5.91 Å². The molecule has 0 saturated carbocycles. The second kappa shape index (κ2) is 4.92. The average Bonchev–Trinajstić information content (AvgIpc) is 2.53. The van der Waals surface area contributed by atoms with Crippen LogP contribution < -0.4 is 0 Å². The predicted octanol–water partition coefficient (Wildman–Crippen LogP) is 4.56. The lowest BCUT2D eigenvalue weighted by molar-refractivity contribution is -0.149. The Balaban J connectivity index is 1.84. The molecule has 0 bridgehead atoms. The number of amides is 1. The van der Waals surface area contributed by atoms with Crippen molar-refractivity contribution in [3.63, 3.8) is 0 Å². The zero-order chi connectivity index (χ0) is 15.5. The third-order valence-corrected chi connectivity index (χ3v) is 6.80. The third-order valence-electron chi connectivity index (χ3n) is 4.30. The maximum absolute atomic E-state index is 12.3. The van der Waals surface area contributed by atoms with E-state index in [1.54, 1.807) is 11.8 Å².